The van der Waals surface area contributed by atoms with Gasteiger partial charge in [0.1, 0.15) is 5.75 Å². The highest BCUT2D eigenvalue weighted by Crippen LogP contribution is 2.26. The van der Waals surface area contributed by atoms with E-state index in [2.05, 4.69) is 5.32 Å². The van der Waals surface area contributed by atoms with E-state index in [1.165, 1.54) is 0 Å². The number of nitrogens with one attached hydrogen (secondary N) is 1. The second-order valence-corrected chi connectivity index (χ2v) is 6.06. The molecule has 2 rings (SSSR count). The SMILES string of the molecule is O=C(CCOc1ccc(Cl)c(Cl)c1)NC1CCC(O)CC1. The van der Waals surface area contributed by atoms with Crippen LogP contribution in [0.5, 0.6) is 5.75 Å². The Bertz CT molecular complexity index is 488. The number of carbonyl (C=O) groups excluding carboxylic acids is 1. The van der Waals surface area contributed by atoms with E-state index in [9.17, 15) is 9.90 Å². The molecule has 1 fully saturated rings. The minimum Gasteiger partial charge on any atom is -0.493 e. The number of ether oxygens (including phenoxy) is 1. The van der Waals surface area contributed by atoms with Crippen molar-refractivity contribution in [3.8, 4) is 5.75 Å². The lowest BCUT2D eigenvalue weighted by atomic mass is 9.93. The number of carbonyl (C=O) groups is 1. The second kappa shape index (κ2) is 7.87. The number of rotatable bonds is 5. The van der Waals surface area contributed by atoms with Crippen LogP contribution in [-0.4, -0.2) is 29.8 Å². The van der Waals surface area contributed by atoms with Crippen LogP contribution < -0.4 is 10.1 Å². The zero-order chi connectivity index (χ0) is 15.2. The third-order valence-electron chi connectivity index (χ3n) is 3.55. The summed E-state index contributed by atoms with van der Waals surface area (Å²) in [4.78, 5) is 11.8. The van der Waals surface area contributed by atoms with Crippen LogP contribution in [0.25, 0.3) is 0 Å². The van der Waals surface area contributed by atoms with Crippen molar-refractivity contribution in [3.63, 3.8) is 0 Å². The molecule has 0 spiro atoms. The lowest BCUT2D eigenvalue weighted by Gasteiger charge is -2.26. The minimum absolute atomic E-state index is 0.0311. The summed E-state index contributed by atoms with van der Waals surface area (Å²) >= 11 is 11.7. The number of hydrogen-bond donors (Lipinski definition) is 2. The van der Waals surface area contributed by atoms with Gasteiger partial charge in [0.05, 0.1) is 29.2 Å². The van der Waals surface area contributed by atoms with Gasteiger partial charge in [-0.1, -0.05) is 23.2 Å². The van der Waals surface area contributed by atoms with Crippen LogP contribution in [0.3, 0.4) is 0 Å². The van der Waals surface area contributed by atoms with Crippen molar-refractivity contribution in [2.45, 2.75) is 44.2 Å². The van der Waals surface area contributed by atoms with Gasteiger partial charge in [-0.05, 0) is 37.8 Å². The molecular weight excluding hydrogens is 313 g/mol. The lowest BCUT2D eigenvalue weighted by molar-refractivity contribution is -0.122. The molecule has 0 aliphatic heterocycles. The van der Waals surface area contributed by atoms with Crippen LogP contribution in [-0.2, 0) is 4.79 Å². The molecule has 1 aromatic carbocycles. The first-order valence-corrected chi connectivity index (χ1v) is 7.85. The average Bonchev–Trinajstić information content (AvgIpc) is 2.45. The molecule has 0 saturated heterocycles. The molecule has 1 amide bonds. The van der Waals surface area contributed by atoms with E-state index >= 15 is 0 Å². The summed E-state index contributed by atoms with van der Waals surface area (Å²) in [5.74, 6) is 0.564. The summed E-state index contributed by atoms with van der Waals surface area (Å²) in [5, 5.41) is 13.3. The maximum Gasteiger partial charge on any atom is 0.223 e. The van der Waals surface area contributed by atoms with Gasteiger partial charge in [-0.15, -0.1) is 0 Å². The van der Waals surface area contributed by atoms with Crippen LogP contribution in [0.15, 0.2) is 18.2 Å². The van der Waals surface area contributed by atoms with Crippen molar-refractivity contribution in [3.05, 3.63) is 28.2 Å². The van der Waals surface area contributed by atoms with E-state index < -0.39 is 0 Å². The van der Waals surface area contributed by atoms with E-state index in [4.69, 9.17) is 27.9 Å². The Labute approximate surface area is 134 Å². The number of aliphatic hydroxyl groups excluding tert-OH is 1. The van der Waals surface area contributed by atoms with Gasteiger partial charge in [-0.3, -0.25) is 4.79 Å². The first-order valence-electron chi connectivity index (χ1n) is 7.10. The van der Waals surface area contributed by atoms with Crippen LogP contribution in [0.2, 0.25) is 10.0 Å². The number of benzene rings is 1. The second-order valence-electron chi connectivity index (χ2n) is 5.25. The van der Waals surface area contributed by atoms with Gasteiger partial charge in [0.2, 0.25) is 5.91 Å². The lowest BCUT2D eigenvalue weighted by Crippen LogP contribution is -2.39. The van der Waals surface area contributed by atoms with Crippen molar-refractivity contribution in [1.29, 1.82) is 0 Å². The number of aliphatic hydroxyl groups is 1. The summed E-state index contributed by atoms with van der Waals surface area (Å²) in [5.41, 5.74) is 0. The molecule has 0 aromatic heterocycles. The fourth-order valence-corrected chi connectivity index (χ4v) is 2.64. The Morgan fingerprint density at radius 3 is 2.62 bits per heavy atom. The van der Waals surface area contributed by atoms with Gasteiger partial charge in [0.15, 0.2) is 0 Å². The standard InChI is InChI=1S/C15H19Cl2NO3/c16-13-6-5-12(9-14(13)17)21-8-7-15(20)18-10-1-3-11(19)4-2-10/h5-6,9-11,19H,1-4,7-8H2,(H,18,20). The van der Waals surface area contributed by atoms with Crippen molar-refractivity contribution in [2.24, 2.45) is 0 Å². The Hall–Kier alpha value is -0.970. The Kier molecular flexibility index (Phi) is 6.15. The van der Waals surface area contributed by atoms with Crippen molar-refractivity contribution in [2.75, 3.05) is 6.61 Å². The zero-order valence-electron chi connectivity index (χ0n) is 11.6. The van der Waals surface area contributed by atoms with Gasteiger partial charge >= 0.3 is 0 Å². The zero-order valence-corrected chi connectivity index (χ0v) is 13.2. The first-order chi connectivity index (χ1) is 10.0. The third kappa shape index (κ3) is 5.38. The van der Waals surface area contributed by atoms with Crippen LogP contribution >= 0.6 is 23.2 Å². The quantitative estimate of drug-likeness (QED) is 0.871. The number of halogens is 2. The van der Waals surface area contributed by atoms with E-state index in [0.717, 1.165) is 25.7 Å². The van der Waals surface area contributed by atoms with E-state index in [1.54, 1.807) is 18.2 Å². The highest BCUT2D eigenvalue weighted by Gasteiger charge is 2.20. The number of amides is 1. The molecule has 1 aliphatic carbocycles. The predicted octanol–water partition coefficient (Wildman–Crippen LogP) is 3.18. The van der Waals surface area contributed by atoms with Crippen LogP contribution in [0.1, 0.15) is 32.1 Å². The van der Waals surface area contributed by atoms with Gasteiger partial charge < -0.3 is 15.2 Å². The van der Waals surface area contributed by atoms with Gasteiger partial charge in [0, 0.05) is 12.1 Å². The van der Waals surface area contributed by atoms with Gasteiger partial charge in [-0.2, -0.15) is 0 Å². The molecule has 1 aromatic rings. The van der Waals surface area contributed by atoms with Gasteiger partial charge in [-0.25, -0.2) is 0 Å². The molecule has 0 atom stereocenters. The largest absolute Gasteiger partial charge is 0.493 e. The first kappa shape index (κ1) is 16.4. The van der Waals surface area contributed by atoms with Crippen molar-refractivity contribution in [1.82, 2.24) is 5.32 Å². The third-order valence-corrected chi connectivity index (χ3v) is 4.29. The molecule has 0 radical (unpaired) electrons. The Morgan fingerprint density at radius 1 is 1.24 bits per heavy atom. The topological polar surface area (TPSA) is 58.6 Å². The maximum absolute atomic E-state index is 11.8. The van der Waals surface area contributed by atoms with E-state index in [-0.39, 0.29) is 18.1 Å². The smallest absolute Gasteiger partial charge is 0.223 e. The molecule has 1 saturated carbocycles. The Balaban J connectivity index is 1.68. The van der Waals surface area contributed by atoms with Crippen molar-refractivity contribution >= 4 is 29.1 Å². The molecular formula is C15H19Cl2NO3. The molecule has 2 N–H and O–H groups in total. The molecule has 6 heteroatoms. The minimum atomic E-state index is -0.212. The fraction of sp³-hybridized carbons (Fsp3) is 0.533. The van der Waals surface area contributed by atoms with Crippen LogP contribution in [0, 0.1) is 0 Å². The monoisotopic (exact) mass is 331 g/mol. The molecule has 21 heavy (non-hydrogen) atoms. The molecule has 0 unspecified atom stereocenters. The maximum atomic E-state index is 11.8. The summed E-state index contributed by atoms with van der Waals surface area (Å²) in [7, 11) is 0. The normalized spacial score (nSPS) is 21.9. The molecule has 4 nitrogen and oxygen atoms in total. The fourth-order valence-electron chi connectivity index (χ4n) is 2.35. The van der Waals surface area contributed by atoms with E-state index in [1.807, 2.05) is 0 Å². The van der Waals surface area contributed by atoms with Crippen molar-refractivity contribution < 1.29 is 14.6 Å². The summed E-state index contributed by atoms with van der Waals surface area (Å²) in [6.07, 6.45) is 3.26. The average molecular weight is 332 g/mol. The number of hydrogen-bond acceptors (Lipinski definition) is 3. The van der Waals surface area contributed by atoms with Crippen LogP contribution in [0.4, 0.5) is 0 Å². The molecule has 1 aliphatic rings. The molecule has 0 bridgehead atoms. The van der Waals surface area contributed by atoms with Gasteiger partial charge in [0.25, 0.3) is 0 Å². The molecule has 0 heterocycles. The summed E-state index contributed by atoms with van der Waals surface area (Å²) in [6, 6.07) is 5.18. The highest BCUT2D eigenvalue weighted by atomic mass is 35.5. The van der Waals surface area contributed by atoms with E-state index in [0.29, 0.717) is 28.8 Å². The molecule has 116 valence electrons. The Morgan fingerprint density at radius 2 is 1.95 bits per heavy atom. The summed E-state index contributed by atoms with van der Waals surface area (Å²) < 4.78 is 5.47. The highest BCUT2D eigenvalue weighted by molar-refractivity contribution is 6.42. The summed E-state index contributed by atoms with van der Waals surface area (Å²) in [6.45, 7) is 0.291. The predicted molar refractivity (Wildman–Crippen MR) is 83.0 cm³/mol.